The normalized spacial score (nSPS) is 27.8. The van der Waals surface area contributed by atoms with Gasteiger partial charge >= 0.3 is 0 Å². The van der Waals surface area contributed by atoms with Crippen LogP contribution in [0.3, 0.4) is 0 Å². The number of carbonyl (C=O) groups excluding carboxylic acids is 1. The van der Waals surface area contributed by atoms with Crippen LogP contribution in [0, 0.1) is 23.2 Å². The van der Waals surface area contributed by atoms with Gasteiger partial charge in [-0.1, -0.05) is 59.3 Å². The molecule has 0 aliphatic carbocycles. The molecule has 20 atom stereocenters. The molecule has 0 spiro atoms. The van der Waals surface area contributed by atoms with Crippen LogP contribution in [0.5, 0.6) is 0 Å². The molecule has 3 heterocycles. The van der Waals surface area contributed by atoms with Crippen LogP contribution in [0.1, 0.15) is 151 Å². The molecule has 0 aromatic heterocycles. The Labute approximate surface area is 646 Å². The fraction of sp³-hybridized carbons (Fsp3) is 0.985. The minimum atomic E-state index is -5.11. The van der Waals surface area contributed by atoms with Crippen molar-refractivity contribution in [3.8, 4) is 0 Å². The van der Waals surface area contributed by atoms with Gasteiger partial charge in [-0.25, -0.2) is 0 Å². The van der Waals surface area contributed by atoms with Crippen LogP contribution >= 0.6 is 31.3 Å². The molecule has 0 saturated carbocycles. The van der Waals surface area contributed by atoms with E-state index in [-0.39, 0.29) is 130 Å². The smallest absolute Gasteiger partial charge is 0.267 e. The Bertz CT molecular complexity index is 2460. The number of hydrogen-bond donors (Lipinski definition) is 10. The SMILES string of the molecule is CC(=O)NC1[C@H](OCCCCCCOP(=O)([O-])OCCCOCC(COCCCOP(=O)([O-])OCCCCCCO[C@@H]2OC(CO)[C@H](O)[C@H](O)C2C)(COCCCOP(=O)([O-])OCCCCCCO[C@@H]2OC(CO)[C@H](O)[C@H](O)C2C)COP(=O)([O-])OCCCOCC(C)COCCCOC(C)C)OC(CO)[C@H](O)[C@@H]1O. The number of aliphatic hydroxyl groups excluding tert-OH is 9. The molecule has 3 rings (SSSR count). The van der Waals surface area contributed by atoms with Crippen molar-refractivity contribution >= 4 is 37.2 Å². The summed E-state index contributed by atoms with van der Waals surface area (Å²) in [6.45, 7) is 6.82. The van der Waals surface area contributed by atoms with Gasteiger partial charge in [-0.05, 0) is 84.5 Å². The highest BCUT2D eigenvalue weighted by Gasteiger charge is 2.46. The molecule has 0 aromatic carbocycles. The Morgan fingerprint density at radius 1 is 0.382 bits per heavy atom. The van der Waals surface area contributed by atoms with Crippen molar-refractivity contribution in [3.63, 3.8) is 0 Å². The van der Waals surface area contributed by atoms with E-state index >= 15 is 0 Å². The van der Waals surface area contributed by atoms with Gasteiger partial charge in [0.05, 0.1) is 129 Å². The molecule has 3 fully saturated rings. The third-order valence-electron chi connectivity index (χ3n) is 17.5. The number of amides is 1. The molecule has 43 heteroatoms. The van der Waals surface area contributed by atoms with Crippen molar-refractivity contribution in [2.75, 3.05) is 165 Å². The van der Waals surface area contributed by atoms with Crippen molar-refractivity contribution in [1.82, 2.24) is 5.32 Å². The van der Waals surface area contributed by atoms with Crippen LogP contribution < -0.4 is 24.9 Å². The molecule has 3 aliphatic rings. The molecule has 1 amide bonds. The highest BCUT2D eigenvalue weighted by atomic mass is 31.2. The maximum absolute atomic E-state index is 13.4. The number of phosphoric acid groups is 4. The first-order valence-electron chi connectivity index (χ1n) is 38.2. The quantitative estimate of drug-likeness (QED) is 0.0299. The highest BCUT2D eigenvalue weighted by molar-refractivity contribution is 7.46. The molecule has 39 nitrogen and oxygen atoms in total. The van der Waals surface area contributed by atoms with E-state index in [0.717, 1.165) is 6.42 Å². The maximum atomic E-state index is 13.4. The van der Waals surface area contributed by atoms with E-state index in [0.29, 0.717) is 103 Å². The van der Waals surface area contributed by atoms with Crippen molar-refractivity contribution < 1.29 is 182 Å². The minimum Gasteiger partial charge on any atom is -0.756 e. The van der Waals surface area contributed by atoms with Crippen LogP contribution in [-0.4, -0.2) is 303 Å². The van der Waals surface area contributed by atoms with Gasteiger partial charge in [0.25, 0.3) is 31.3 Å². The Balaban J connectivity index is 1.60. The number of carbonyl (C=O) groups is 1. The van der Waals surface area contributed by atoms with E-state index in [9.17, 15) is 88.6 Å². The summed E-state index contributed by atoms with van der Waals surface area (Å²) in [5, 5.41) is 92.5. The summed E-state index contributed by atoms with van der Waals surface area (Å²) in [5.41, 5.74) is -1.54. The molecular weight excluding hydrogens is 1550 g/mol. The summed E-state index contributed by atoms with van der Waals surface area (Å²) in [5.74, 6) is -1.57. The predicted molar refractivity (Wildman–Crippen MR) is 380 cm³/mol. The van der Waals surface area contributed by atoms with E-state index in [1.807, 2.05) is 20.8 Å². The fourth-order valence-corrected chi connectivity index (χ4v) is 14.4. The standard InChI is InChI=1S/C67H133NO38P4/c1-49(2)92-32-19-24-87-43-50(3)44-88-25-20-36-102-110(85,86)103-48-67(45-89-26-21-37-99-107(79,80)96-33-16-10-7-13-29-93-64-51(4)58(73)60(75)54(40-69)104-64,46-90-27-22-38-100-108(81,82)97-34-17-11-8-14-30-94-65-52(5)59(74)61(76)55(41-70)105-65)47-91-28-23-39-101-109(83,84)98-35-18-12-9-15-31-95-66-57(68-53(6)72)63(78)62(77)56(42-71)106-66/h49-52,54-66,69-71,73-78H,7-48H2,1-6H3,(H,68,72)(H,79,80)(H,81,82)(H,83,84)(H,85,86)/p-4/t50?,51?,52?,54?,55?,56?,57?,58-,59-,60+,61+,62+,63-,64-,65-,66-,67?/m1/s1. The van der Waals surface area contributed by atoms with Gasteiger partial charge in [0.15, 0.2) is 18.9 Å². The van der Waals surface area contributed by atoms with Gasteiger partial charge in [0.2, 0.25) is 5.91 Å². The zero-order valence-electron chi connectivity index (χ0n) is 64.7. The second kappa shape index (κ2) is 58.1. The third kappa shape index (κ3) is 44.8. The van der Waals surface area contributed by atoms with Gasteiger partial charge in [0, 0.05) is 84.1 Å². The topological polar surface area (TPSA) is 556 Å². The molecule has 3 saturated heterocycles. The lowest BCUT2D eigenvalue weighted by molar-refractivity contribution is -0.282. The first-order valence-corrected chi connectivity index (χ1v) is 44.1. The molecule has 10 N–H and O–H groups in total. The van der Waals surface area contributed by atoms with Crippen molar-refractivity contribution in [2.24, 2.45) is 23.2 Å². The molecule has 0 radical (unpaired) electrons. The molecule has 654 valence electrons. The Kier molecular flexibility index (Phi) is 54.5. The summed E-state index contributed by atoms with van der Waals surface area (Å²) >= 11 is 0. The lowest BCUT2D eigenvalue weighted by atomic mass is 9.92. The Hall–Kier alpha value is -0.930. The average molecular weight is 1680 g/mol. The minimum absolute atomic E-state index is 0.0296. The van der Waals surface area contributed by atoms with Gasteiger partial charge in [-0.3, -0.25) is 23.1 Å². The number of nitrogens with one attached hydrogen (secondary N) is 1. The molecule has 0 bridgehead atoms. The highest BCUT2D eigenvalue weighted by Crippen LogP contribution is 2.43. The van der Waals surface area contributed by atoms with E-state index in [1.165, 1.54) is 6.92 Å². The molecule has 110 heavy (non-hydrogen) atoms. The van der Waals surface area contributed by atoms with Crippen LogP contribution in [0.25, 0.3) is 0 Å². The van der Waals surface area contributed by atoms with Gasteiger partial charge < -0.3 is 164 Å². The van der Waals surface area contributed by atoms with E-state index in [1.54, 1.807) is 13.8 Å². The zero-order valence-corrected chi connectivity index (χ0v) is 68.2. The first-order chi connectivity index (χ1) is 52.3. The van der Waals surface area contributed by atoms with Crippen LogP contribution in [0.4, 0.5) is 0 Å². The molecule has 0 aromatic rings. The summed E-state index contributed by atoms with van der Waals surface area (Å²) in [6, 6.07) is -1.11. The van der Waals surface area contributed by atoms with E-state index < -0.39 is 181 Å². The number of rotatable bonds is 69. The number of unbranched alkanes of at least 4 members (excludes halogenated alkanes) is 9. The first kappa shape index (κ1) is 103. The molecule has 11 unspecified atom stereocenters. The fourth-order valence-electron chi connectivity index (χ4n) is 11.2. The number of phosphoric ester groups is 4. The van der Waals surface area contributed by atoms with Gasteiger partial charge in [-0.2, -0.15) is 0 Å². The summed E-state index contributed by atoms with van der Waals surface area (Å²) in [7, 11) is -19.5. The largest absolute Gasteiger partial charge is 0.756 e. The van der Waals surface area contributed by atoms with Crippen molar-refractivity contribution in [3.05, 3.63) is 0 Å². The van der Waals surface area contributed by atoms with Crippen molar-refractivity contribution in [1.29, 1.82) is 0 Å². The lowest BCUT2D eigenvalue weighted by Gasteiger charge is -2.42. The maximum Gasteiger partial charge on any atom is 0.267 e. The van der Waals surface area contributed by atoms with E-state index in [4.69, 9.17) is 93.0 Å². The van der Waals surface area contributed by atoms with Gasteiger partial charge in [0.1, 0.15) is 48.8 Å². The lowest BCUT2D eigenvalue weighted by Crippen LogP contribution is -2.64. The monoisotopic (exact) mass is 1680 g/mol. The molecular formula is C67H129NO38P4-4. The van der Waals surface area contributed by atoms with Crippen LogP contribution in [-0.2, 0) is 116 Å². The van der Waals surface area contributed by atoms with Crippen molar-refractivity contribution in [2.45, 2.75) is 237 Å². The second-order valence-electron chi connectivity index (χ2n) is 27.9. The van der Waals surface area contributed by atoms with Gasteiger partial charge in [-0.15, -0.1) is 0 Å². The average Bonchev–Trinajstić information content (AvgIpc) is 0.826. The third-order valence-corrected chi connectivity index (χ3v) is 21.4. The second-order valence-corrected chi connectivity index (χ2v) is 33.6. The summed E-state index contributed by atoms with van der Waals surface area (Å²) in [4.78, 5) is 63.3. The van der Waals surface area contributed by atoms with Crippen LogP contribution in [0.15, 0.2) is 0 Å². The van der Waals surface area contributed by atoms with Crippen LogP contribution in [0.2, 0.25) is 0 Å². The van der Waals surface area contributed by atoms with E-state index in [2.05, 4.69) is 5.32 Å². The Morgan fingerprint density at radius 3 is 1.01 bits per heavy atom. The zero-order chi connectivity index (χ0) is 81.4. The number of ether oxygens (including phenoxy) is 12. The Morgan fingerprint density at radius 2 is 0.673 bits per heavy atom. The predicted octanol–water partition coefficient (Wildman–Crippen LogP) is 0.899. The number of hydrogen-bond acceptors (Lipinski definition) is 38. The summed E-state index contributed by atoms with van der Waals surface area (Å²) < 4.78 is 161. The molecule has 3 aliphatic heterocycles. The number of aliphatic hydroxyl groups is 9. The summed E-state index contributed by atoms with van der Waals surface area (Å²) in [6.07, 6.45) is -6.90.